The first-order chi connectivity index (χ1) is 14.9. The van der Waals surface area contributed by atoms with E-state index in [1.165, 1.54) is 10.8 Å². The summed E-state index contributed by atoms with van der Waals surface area (Å²) in [5.41, 5.74) is 5.38. The predicted molar refractivity (Wildman–Crippen MR) is 129 cm³/mol. The Balaban J connectivity index is 1.56. The fraction of sp³-hybridized carbons (Fsp3) is 0. The minimum absolute atomic E-state index is 0.973. The summed E-state index contributed by atoms with van der Waals surface area (Å²) >= 11 is 1.65. The van der Waals surface area contributed by atoms with Crippen LogP contribution in [0.4, 0.5) is 5.69 Å². The molecule has 0 spiro atoms. The Morgan fingerprint density at radius 1 is 0.733 bits per heavy atom. The van der Waals surface area contributed by atoms with Gasteiger partial charge in [-0.3, -0.25) is 0 Å². The second-order valence-corrected chi connectivity index (χ2v) is 7.90. The summed E-state index contributed by atoms with van der Waals surface area (Å²) in [6, 6.07) is 35.5. The number of thiazole rings is 1. The van der Waals surface area contributed by atoms with Crippen molar-refractivity contribution in [1.82, 2.24) is 4.98 Å². The van der Waals surface area contributed by atoms with Crippen LogP contribution in [0.1, 0.15) is 10.6 Å². The quantitative estimate of drug-likeness (QED) is 0.327. The summed E-state index contributed by atoms with van der Waals surface area (Å²) in [7, 11) is 0. The highest BCUT2D eigenvalue weighted by Crippen LogP contribution is 2.29. The summed E-state index contributed by atoms with van der Waals surface area (Å²) < 4.78 is 0. The SMILES string of the molecule is C(=C(Nc1cccc2ccccc12)c1ccccc1)c1nc(-c2ccccc2)cs1. The van der Waals surface area contributed by atoms with E-state index in [0.717, 1.165) is 33.2 Å². The molecule has 0 aliphatic heterocycles. The zero-order valence-corrected chi connectivity index (χ0v) is 17.1. The number of fused-ring (bicyclic) bond motifs is 1. The predicted octanol–water partition coefficient (Wildman–Crippen LogP) is 7.57. The van der Waals surface area contributed by atoms with Crippen LogP contribution < -0.4 is 5.32 Å². The van der Waals surface area contributed by atoms with Crippen molar-refractivity contribution in [2.24, 2.45) is 0 Å². The minimum atomic E-state index is 0.973. The molecule has 0 saturated carbocycles. The van der Waals surface area contributed by atoms with Gasteiger partial charge in [0.25, 0.3) is 0 Å². The van der Waals surface area contributed by atoms with Crippen LogP contribution in [0, 0.1) is 0 Å². The van der Waals surface area contributed by atoms with E-state index >= 15 is 0 Å². The Labute approximate surface area is 180 Å². The number of aromatic nitrogens is 1. The first-order valence-corrected chi connectivity index (χ1v) is 10.8. The molecule has 0 saturated heterocycles. The van der Waals surface area contributed by atoms with Crippen LogP contribution in [0.25, 0.3) is 33.8 Å². The molecule has 0 unspecified atom stereocenters. The summed E-state index contributed by atoms with van der Waals surface area (Å²) in [4.78, 5) is 4.85. The van der Waals surface area contributed by atoms with Crippen molar-refractivity contribution < 1.29 is 0 Å². The highest BCUT2D eigenvalue weighted by molar-refractivity contribution is 7.10. The molecule has 0 aliphatic rings. The highest BCUT2D eigenvalue weighted by Gasteiger charge is 2.08. The van der Waals surface area contributed by atoms with Gasteiger partial charge in [-0.1, -0.05) is 97.1 Å². The second-order valence-electron chi connectivity index (χ2n) is 7.01. The molecule has 0 radical (unpaired) electrons. The van der Waals surface area contributed by atoms with Gasteiger partial charge in [0.05, 0.1) is 5.69 Å². The van der Waals surface area contributed by atoms with Crippen molar-refractivity contribution in [2.45, 2.75) is 0 Å². The Morgan fingerprint density at radius 3 is 2.27 bits per heavy atom. The maximum Gasteiger partial charge on any atom is 0.118 e. The molecule has 1 aromatic heterocycles. The van der Waals surface area contributed by atoms with Crippen LogP contribution in [0.5, 0.6) is 0 Å². The van der Waals surface area contributed by atoms with Crippen LogP contribution in [0.15, 0.2) is 109 Å². The third-order valence-electron chi connectivity index (χ3n) is 5.00. The van der Waals surface area contributed by atoms with Crippen LogP contribution in [0.3, 0.4) is 0 Å². The smallest absolute Gasteiger partial charge is 0.118 e. The van der Waals surface area contributed by atoms with Crippen molar-refractivity contribution in [3.8, 4) is 11.3 Å². The van der Waals surface area contributed by atoms with Crippen molar-refractivity contribution in [1.29, 1.82) is 0 Å². The maximum atomic E-state index is 4.85. The Hall–Kier alpha value is -3.69. The molecule has 2 nitrogen and oxygen atoms in total. The monoisotopic (exact) mass is 404 g/mol. The number of nitrogens with zero attached hydrogens (tertiary/aromatic N) is 1. The molecule has 30 heavy (non-hydrogen) atoms. The van der Waals surface area contributed by atoms with Gasteiger partial charge in [-0.15, -0.1) is 11.3 Å². The average Bonchev–Trinajstić information content (AvgIpc) is 3.29. The average molecular weight is 405 g/mol. The molecule has 144 valence electrons. The molecule has 1 heterocycles. The molecule has 5 rings (SSSR count). The molecule has 0 atom stereocenters. The molecule has 3 heteroatoms. The summed E-state index contributed by atoms with van der Waals surface area (Å²) in [6.45, 7) is 0. The third kappa shape index (κ3) is 3.88. The van der Waals surface area contributed by atoms with E-state index in [4.69, 9.17) is 4.98 Å². The largest absolute Gasteiger partial charge is 0.354 e. The molecule has 0 aliphatic carbocycles. The lowest BCUT2D eigenvalue weighted by Gasteiger charge is -2.13. The lowest BCUT2D eigenvalue weighted by molar-refractivity contribution is 1.38. The Bertz CT molecular complexity index is 1300. The first kappa shape index (κ1) is 18.3. The summed E-state index contributed by atoms with van der Waals surface area (Å²) in [6.07, 6.45) is 2.13. The van der Waals surface area contributed by atoms with E-state index in [-0.39, 0.29) is 0 Å². The van der Waals surface area contributed by atoms with Crippen molar-refractivity contribution >= 4 is 39.6 Å². The molecule has 1 N–H and O–H groups in total. The zero-order chi connectivity index (χ0) is 20.2. The van der Waals surface area contributed by atoms with E-state index in [9.17, 15) is 0 Å². The summed E-state index contributed by atoms with van der Waals surface area (Å²) in [5.74, 6) is 0. The Morgan fingerprint density at radius 2 is 1.43 bits per heavy atom. The zero-order valence-electron chi connectivity index (χ0n) is 16.3. The first-order valence-electron chi connectivity index (χ1n) is 9.90. The van der Waals surface area contributed by atoms with E-state index in [0.29, 0.717) is 0 Å². The number of nitrogens with one attached hydrogen (secondary N) is 1. The number of benzene rings is 4. The molecule has 4 aromatic carbocycles. The lowest BCUT2D eigenvalue weighted by Crippen LogP contribution is -1.99. The van der Waals surface area contributed by atoms with Gasteiger partial charge in [0.1, 0.15) is 5.01 Å². The number of hydrogen-bond donors (Lipinski definition) is 1. The van der Waals surface area contributed by atoms with Crippen LogP contribution in [-0.4, -0.2) is 4.98 Å². The van der Waals surface area contributed by atoms with Crippen molar-refractivity contribution in [3.63, 3.8) is 0 Å². The van der Waals surface area contributed by atoms with Crippen LogP contribution >= 0.6 is 11.3 Å². The van der Waals surface area contributed by atoms with E-state index in [1.807, 2.05) is 24.3 Å². The Kier molecular flexibility index (Phi) is 5.11. The van der Waals surface area contributed by atoms with E-state index in [1.54, 1.807) is 11.3 Å². The van der Waals surface area contributed by atoms with E-state index in [2.05, 4.69) is 95.6 Å². The number of hydrogen-bond acceptors (Lipinski definition) is 3. The third-order valence-corrected chi connectivity index (χ3v) is 5.79. The topological polar surface area (TPSA) is 24.9 Å². The molecule has 0 amide bonds. The molecule has 0 bridgehead atoms. The van der Waals surface area contributed by atoms with Crippen LogP contribution in [-0.2, 0) is 0 Å². The summed E-state index contributed by atoms with van der Waals surface area (Å²) in [5, 5.41) is 9.17. The van der Waals surface area contributed by atoms with Gasteiger partial charge in [-0.25, -0.2) is 4.98 Å². The fourth-order valence-corrected chi connectivity index (χ4v) is 4.27. The molecular weight excluding hydrogens is 384 g/mol. The van der Waals surface area contributed by atoms with E-state index < -0.39 is 0 Å². The maximum absolute atomic E-state index is 4.85. The van der Waals surface area contributed by atoms with Gasteiger partial charge in [-0.05, 0) is 23.1 Å². The molecular formula is C27H20N2S. The van der Waals surface area contributed by atoms with Crippen LogP contribution in [0.2, 0.25) is 0 Å². The van der Waals surface area contributed by atoms with Crippen molar-refractivity contribution in [2.75, 3.05) is 5.32 Å². The standard InChI is InChI=1S/C27H20N2S/c1-3-11-21(12-4-1)25(28-24-17-9-15-20-10-7-8-16-23(20)24)18-27-29-26(19-30-27)22-13-5-2-6-14-22/h1-19,28H. The fourth-order valence-electron chi connectivity index (χ4n) is 3.51. The number of anilines is 1. The van der Waals surface area contributed by atoms with Gasteiger partial charge in [0.2, 0.25) is 0 Å². The van der Waals surface area contributed by atoms with Gasteiger partial charge in [-0.2, -0.15) is 0 Å². The molecule has 5 aromatic rings. The second kappa shape index (κ2) is 8.36. The number of rotatable bonds is 5. The normalized spacial score (nSPS) is 11.5. The van der Waals surface area contributed by atoms with Crippen molar-refractivity contribution in [3.05, 3.63) is 119 Å². The van der Waals surface area contributed by atoms with Gasteiger partial charge in [0.15, 0.2) is 0 Å². The lowest BCUT2D eigenvalue weighted by atomic mass is 10.1. The van der Waals surface area contributed by atoms with Gasteiger partial charge in [0, 0.05) is 27.7 Å². The highest BCUT2D eigenvalue weighted by atomic mass is 32.1. The van der Waals surface area contributed by atoms with Gasteiger partial charge >= 0.3 is 0 Å². The van der Waals surface area contributed by atoms with Gasteiger partial charge < -0.3 is 5.32 Å². The minimum Gasteiger partial charge on any atom is -0.354 e. The molecule has 0 fully saturated rings.